The van der Waals surface area contributed by atoms with Crippen molar-refractivity contribution in [3.8, 4) is 11.5 Å². The molecular weight excluding hydrogens is 342 g/mol. The zero-order valence-corrected chi connectivity index (χ0v) is 16.4. The number of carbonyl (C=O) groups excluding carboxylic acids is 1. The Morgan fingerprint density at radius 2 is 2.08 bits per heavy atom. The van der Waals surface area contributed by atoms with Crippen LogP contribution >= 0.6 is 12.4 Å². The second-order valence-electron chi connectivity index (χ2n) is 6.88. The van der Waals surface area contributed by atoms with E-state index in [1.165, 1.54) is 0 Å². The lowest BCUT2D eigenvalue weighted by Crippen LogP contribution is -2.39. The fraction of sp³-hybridized carbons (Fsp3) is 0.611. The number of likely N-dealkylation sites (N-methyl/N-ethyl adjacent to an activating group) is 1. The van der Waals surface area contributed by atoms with Gasteiger partial charge < -0.3 is 20.1 Å². The first-order valence-electron chi connectivity index (χ1n) is 8.28. The van der Waals surface area contributed by atoms with Crippen molar-refractivity contribution in [2.75, 3.05) is 47.4 Å². The third kappa shape index (κ3) is 5.23. The fourth-order valence-corrected chi connectivity index (χ4v) is 3.16. The highest BCUT2D eigenvalue weighted by Crippen LogP contribution is 2.31. The standard InChI is InChI=1S/C18H29N3O3.ClH/c1-18(12-19)8-9-21(13-18)11-16(22)20(2)10-14-6-5-7-15(23-3)17(14)24-4;/h5-7H,8-13,19H2,1-4H3;1H. The first-order valence-corrected chi connectivity index (χ1v) is 8.28. The number of halogens is 1. The SMILES string of the molecule is COc1cccc(CN(C)C(=O)CN2CCC(C)(CN)C2)c1OC.Cl. The third-order valence-electron chi connectivity index (χ3n) is 4.81. The number of amides is 1. The largest absolute Gasteiger partial charge is 0.493 e. The van der Waals surface area contributed by atoms with E-state index in [-0.39, 0.29) is 23.7 Å². The van der Waals surface area contributed by atoms with Gasteiger partial charge in [-0.3, -0.25) is 9.69 Å². The van der Waals surface area contributed by atoms with Crippen LogP contribution in [0.2, 0.25) is 0 Å². The molecule has 1 atom stereocenters. The van der Waals surface area contributed by atoms with Crippen LogP contribution < -0.4 is 15.2 Å². The molecule has 0 bridgehead atoms. The quantitative estimate of drug-likeness (QED) is 0.791. The summed E-state index contributed by atoms with van der Waals surface area (Å²) in [6, 6.07) is 5.71. The maximum atomic E-state index is 12.5. The van der Waals surface area contributed by atoms with Gasteiger partial charge in [0.05, 0.1) is 20.8 Å². The summed E-state index contributed by atoms with van der Waals surface area (Å²) in [4.78, 5) is 16.5. The summed E-state index contributed by atoms with van der Waals surface area (Å²) in [5, 5.41) is 0. The van der Waals surface area contributed by atoms with Crippen molar-refractivity contribution in [3.05, 3.63) is 23.8 Å². The number of hydrogen-bond acceptors (Lipinski definition) is 5. The number of nitrogens with zero attached hydrogens (tertiary/aromatic N) is 2. The Balaban J connectivity index is 0.00000312. The molecule has 1 saturated heterocycles. The van der Waals surface area contributed by atoms with Gasteiger partial charge in [-0.1, -0.05) is 19.1 Å². The van der Waals surface area contributed by atoms with E-state index in [0.29, 0.717) is 31.1 Å². The second kappa shape index (κ2) is 9.27. The molecule has 0 aromatic heterocycles. The number of benzene rings is 1. The Labute approximate surface area is 156 Å². The minimum absolute atomic E-state index is 0. The minimum Gasteiger partial charge on any atom is -0.493 e. The molecule has 0 spiro atoms. The Morgan fingerprint density at radius 1 is 1.36 bits per heavy atom. The van der Waals surface area contributed by atoms with Crippen LogP contribution in [0.15, 0.2) is 18.2 Å². The molecule has 0 saturated carbocycles. The van der Waals surface area contributed by atoms with E-state index in [0.717, 1.165) is 25.1 Å². The van der Waals surface area contributed by atoms with Gasteiger partial charge in [0.15, 0.2) is 11.5 Å². The summed E-state index contributed by atoms with van der Waals surface area (Å²) in [5.74, 6) is 1.45. The van der Waals surface area contributed by atoms with Crippen LogP contribution in [-0.4, -0.2) is 63.2 Å². The molecule has 25 heavy (non-hydrogen) atoms. The average molecular weight is 372 g/mol. The van der Waals surface area contributed by atoms with Crippen molar-refractivity contribution >= 4 is 18.3 Å². The Morgan fingerprint density at radius 3 is 2.64 bits per heavy atom. The first-order chi connectivity index (χ1) is 11.4. The van der Waals surface area contributed by atoms with E-state index in [1.807, 2.05) is 25.2 Å². The predicted molar refractivity (Wildman–Crippen MR) is 101 cm³/mol. The number of methoxy groups -OCH3 is 2. The molecule has 1 aromatic carbocycles. The highest BCUT2D eigenvalue weighted by atomic mass is 35.5. The summed E-state index contributed by atoms with van der Waals surface area (Å²) >= 11 is 0. The van der Waals surface area contributed by atoms with Crippen molar-refractivity contribution in [1.29, 1.82) is 0 Å². The number of hydrogen-bond donors (Lipinski definition) is 1. The van der Waals surface area contributed by atoms with E-state index in [2.05, 4.69) is 11.8 Å². The van der Waals surface area contributed by atoms with Crippen LogP contribution in [0.3, 0.4) is 0 Å². The average Bonchev–Trinajstić information content (AvgIpc) is 2.96. The molecule has 1 heterocycles. The molecule has 142 valence electrons. The van der Waals surface area contributed by atoms with Crippen LogP contribution in [0.1, 0.15) is 18.9 Å². The molecule has 2 rings (SSSR count). The molecule has 6 nitrogen and oxygen atoms in total. The number of para-hydroxylation sites is 1. The van der Waals surface area contributed by atoms with Crippen molar-refractivity contribution in [3.63, 3.8) is 0 Å². The van der Waals surface area contributed by atoms with E-state index < -0.39 is 0 Å². The molecule has 2 N–H and O–H groups in total. The van der Waals surface area contributed by atoms with Gasteiger partial charge in [0.2, 0.25) is 5.91 Å². The minimum atomic E-state index is 0. The van der Waals surface area contributed by atoms with E-state index in [4.69, 9.17) is 15.2 Å². The van der Waals surface area contributed by atoms with Gasteiger partial charge in [-0.15, -0.1) is 12.4 Å². The third-order valence-corrected chi connectivity index (χ3v) is 4.81. The van der Waals surface area contributed by atoms with Gasteiger partial charge in [0.1, 0.15) is 0 Å². The van der Waals surface area contributed by atoms with Crippen LogP contribution in [0, 0.1) is 5.41 Å². The van der Waals surface area contributed by atoms with Crippen molar-refractivity contribution in [2.45, 2.75) is 19.9 Å². The summed E-state index contributed by atoms with van der Waals surface area (Å²) < 4.78 is 10.7. The second-order valence-corrected chi connectivity index (χ2v) is 6.88. The zero-order chi connectivity index (χ0) is 17.7. The van der Waals surface area contributed by atoms with Gasteiger partial charge in [0, 0.05) is 25.7 Å². The molecule has 1 unspecified atom stereocenters. The van der Waals surface area contributed by atoms with Gasteiger partial charge in [-0.05, 0) is 31.0 Å². The lowest BCUT2D eigenvalue weighted by atomic mass is 9.90. The monoisotopic (exact) mass is 371 g/mol. The van der Waals surface area contributed by atoms with Crippen LogP contribution in [0.25, 0.3) is 0 Å². The van der Waals surface area contributed by atoms with Gasteiger partial charge in [-0.2, -0.15) is 0 Å². The van der Waals surface area contributed by atoms with Crippen LogP contribution in [0.5, 0.6) is 11.5 Å². The molecule has 1 aliphatic rings. The fourth-order valence-electron chi connectivity index (χ4n) is 3.16. The number of likely N-dealkylation sites (tertiary alicyclic amines) is 1. The molecular formula is C18H30ClN3O3. The predicted octanol–water partition coefficient (Wildman–Crippen LogP) is 1.75. The maximum absolute atomic E-state index is 12.5. The number of ether oxygens (including phenoxy) is 2. The van der Waals surface area contributed by atoms with Crippen molar-refractivity contribution in [2.24, 2.45) is 11.1 Å². The molecule has 1 amide bonds. The smallest absolute Gasteiger partial charge is 0.236 e. The lowest BCUT2D eigenvalue weighted by Gasteiger charge is -2.25. The number of nitrogens with two attached hydrogens (primary N) is 1. The van der Waals surface area contributed by atoms with E-state index >= 15 is 0 Å². The molecule has 1 fully saturated rings. The summed E-state index contributed by atoms with van der Waals surface area (Å²) in [7, 11) is 5.04. The number of carbonyl (C=O) groups is 1. The summed E-state index contributed by atoms with van der Waals surface area (Å²) in [5.41, 5.74) is 6.90. The first kappa shape index (κ1) is 21.5. The topological polar surface area (TPSA) is 68.0 Å². The lowest BCUT2D eigenvalue weighted by molar-refractivity contribution is -0.131. The van der Waals surface area contributed by atoms with Gasteiger partial charge in [-0.25, -0.2) is 0 Å². The molecule has 0 radical (unpaired) electrons. The van der Waals surface area contributed by atoms with Gasteiger partial charge >= 0.3 is 0 Å². The molecule has 1 aliphatic heterocycles. The molecule has 7 heteroatoms. The Hall–Kier alpha value is -1.50. The normalized spacial score (nSPS) is 20.0. The van der Waals surface area contributed by atoms with Crippen LogP contribution in [-0.2, 0) is 11.3 Å². The summed E-state index contributed by atoms with van der Waals surface area (Å²) in [6.07, 6.45) is 1.05. The Bertz CT molecular complexity index is 585. The Kier molecular flexibility index (Phi) is 7.99. The number of rotatable bonds is 7. The summed E-state index contributed by atoms with van der Waals surface area (Å²) in [6.45, 7) is 5.57. The highest BCUT2D eigenvalue weighted by Gasteiger charge is 2.33. The van der Waals surface area contributed by atoms with E-state index in [1.54, 1.807) is 19.1 Å². The highest BCUT2D eigenvalue weighted by molar-refractivity contribution is 5.85. The van der Waals surface area contributed by atoms with Crippen LogP contribution in [0.4, 0.5) is 0 Å². The maximum Gasteiger partial charge on any atom is 0.236 e. The van der Waals surface area contributed by atoms with Crippen molar-refractivity contribution in [1.82, 2.24) is 9.80 Å². The molecule has 1 aromatic rings. The van der Waals surface area contributed by atoms with Crippen molar-refractivity contribution < 1.29 is 14.3 Å². The van der Waals surface area contributed by atoms with E-state index in [9.17, 15) is 4.79 Å². The molecule has 0 aliphatic carbocycles. The van der Waals surface area contributed by atoms with Gasteiger partial charge in [0.25, 0.3) is 0 Å². The zero-order valence-electron chi connectivity index (χ0n) is 15.6.